The van der Waals surface area contributed by atoms with Gasteiger partial charge >= 0.3 is 408 Å². The number of hydrogen-bond acceptors (Lipinski definition) is 0. The molecular formula is C66H58SiZr. The normalized spacial score (nSPS) is 15.8. The summed E-state index contributed by atoms with van der Waals surface area (Å²) >= 11 is -4.37. The first-order valence-electron chi connectivity index (χ1n) is 25.0. The van der Waals surface area contributed by atoms with Crippen LogP contribution in [-0.4, -0.2) is 6.88 Å². The molecule has 2 atom stereocenters. The van der Waals surface area contributed by atoms with E-state index in [1.807, 2.05) is 0 Å². The summed E-state index contributed by atoms with van der Waals surface area (Å²) in [6, 6.07) is 73.7. The molecule has 2 aliphatic rings. The number of benzene rings is 10. The van der Waals surface area contributed by atoms with E-state index >= 15 is 0 Å². The van der Waals surface area contributed by atoms with Gasteiger partial charge in [0.05, 0.1) is 0 Å². The molecule has 0 amide bonds. The molecule has 0 heterocycles. The molecule has 10 aromatic rings. The quantitative estimate of drug-likeness (QED) is 0.120. The van der Waals surface area contributed by atoms with E-state index < -0.39 is 17.4 Å². The Kier molecular flexibility index (Phi) is 10.7. The summed E-state index contributed by atoms with van der Waals surface area (Å²) in [4.78, 5) is 0. The molecule has 0 nitrogen and oxygen atoms in total. The molecule has 0 saturated carbocycles. The van der Waals surface area contributed by atoms with Gasteiger partial charge in [0.1, 0.15) is 0 Å². The molecule has 0 fully saturated rings. The van der Waals surface area contributed by atoms with Crippen LogP contribution in [0.1, 0.15) is 69.0 Å². The second-order valence-electron chi connectivity index (χ2n) is 20.8. The minimum atomic E-state index is -4.37. The zero-order chi connectivity index (χ0) is 46.2. The van der Waals surface area contributed by atoms with Crippen molar-refractivity contribution in [3.8, 4) is 44.5 Å². The summed E-state index contributed by atoms with van der Waals surface area (Å²) in [6.45, 7) is 7.31. The third kappa shape index (κ3) is 6.85. The first kappa shape index (κ1) is 43.1. The summed E-state index contributed by atoms with van der Waals surface area (Å²) in [7, 11) is 0. The van der Waals surface area contributed by atoms with Crippen LogP contribution in [0.3, 0.4) is 0 Å². The molecule has 0 N–H and O–H groups in total. The average molecular weight is 970 g/mol. The molecule has 330 valence electrons. The Morgan fingerprint density at radius 2 is 0.618 bits per heavy atom. The molecule has 12 rings (SSSR count). The number of fused-ring (bicyclic) bond motifs is 6. The number of allylic oxidation sites excluding steroid dienone is 2. The van der Waals surface area contributed by atoms with Gasteiger partial charge in [0, 0.05) is 0 Å². The van der Waals surface area contributed by atoms with Crippen LogP contribution in [0.2, 0.25) is 9.26 Å². The Hall–Kier alpha value is -6.18. The van der Waals surface area contributed by atoms with Crippen LogP contribution in [0.25, 0.3) is 99.7 Å². The molecule has 0 bridgehead atoms. The van der Waals surface area contributed by atoms with E-state index in [0.717, 1.165) is 25.7 Å². The van der Waals surface area contributed by atoms with Gasteiger partial charge in [-0.15, -0.1) is 0 Å². The van der Waals surface area contributed by atoms with Gasteiger partial charge in [-0.05, 0) is 0 Å². The van der Waals surface area contributed by atoms with Gasteiger partial charge in [0.25, 0.3) is 0 Å². The monoisotopic (exact) mass is 968 g/mol. The molecular weight excluding hydrogens is 912 g/mol. The van der Waals surface area contributed by atoms with Crippen molar-refractivity contribution in [1.82, 2.24) is 0 Å². The maximum absolute atomic E-state index is 4.37. The molecule has 2 heteroatoms. The van der Waals surface area contributed by atoms with E-state index in [9.17, 15) is 0 Å². The minimum absolute atomic E-state index is 0.325. The van der Waals surface area contributed by atoms with Gasteiger partial charge in [-0.1, -0.05) is 0 Å². The molecule has 0 spiro atoms. The third-order valence-corrected chi connectivity index (χ3v) is 33.2. The Bertz CT molecular complexity index is 3550. The summed E-state index contributed by atoms with van der Waals surface area (Å²) in [5.74, 6) is 0. The van der Waals surface area contributed by atoms with Crippen molar-refractivity contribution in [3.63, 3.8) is 0 Å². The maximum atomic E-state index is 2.88. The van der Waals surface area contributed by atoms with Crippen molar-refractivity contribution in [2.45, 2.75) is 56.0 Å². The molecule has 0 radical (unpaired) electrons. The molecule has 10 aromatic carbocycles. The Morgan fingerprint density at radius 3 is 0.941 bits per heavy atom. The van der Waals surface area contributed by atoms with Crippen molar-refractivity contribution in [2.24, 2.45) is 0 Å². The summed E-state index contributed by atoms with van der Waals surface area (Å²) < 4.78 is 6.40. The standard InChI is InChI=1S/2C32H25.2CH3.H2Si.Zr/c2*1-2-9-22-20-31-29(27-16-7-12-23-10-3-5-14-25(23)27)18-19-30(32(31)21-22)28-17-8-13-24-11-4-6-15-26(24)28;;;;/h2*3-8,10-21H,2,9H2,1H3;2*1H3;1H2;. The fourth-order valence-electron chi connectivity index (χ4n) is 13.2. The van der Waals surface area contributed by atoms with Crippen LogP contribution in [0.15, 0.2) is 205 Å². The van der Waals surface area contributed by atoms with Crippen molar-refractivity contribution in [1.29, 1.82) is 0 Å². The van der Waals surface area contributed by atoms with Crippen molar-refractivity contribution in [3.05, 3.63) is 228 Å². The van der Waals surface area contributed by atoms with E-state index in [4.69, 9.17) is 0 Å². The Morgan fingerprint density at radius 1 is 0.338 bits per heavy atom. The van der Waals surface area contributed by atoms with Crippen LogP contribution in [-0.2, 0) is 17.4 Å². The molecule has 0 aromatic heterocycles. The SMILES string of the molecule is CCCC1=Cc2c(-c3cccc4ccccc34)ccc(-c3cccc4ccccc34)c2[CH]1[Zr]([CH3])([CH3])(=[SiH2])[CH]1C(CCC)=Cc2c(-c3cccc4ccccc34)ccc(-c3cccc4ccccc34)c21. The molecule has 0 saturated heterocycles. The average Bonchev–Trinajstić information content (AvgIpc) is 3.97. The van der Waals surface area contributed by atoms with Gasteiger partial charge in [-0.2, -0.15) is 0 Å². The van der Waals surface area contributed by atoms with Gasteiger partial charge in [0.15, 0.2) is 0 Å². The van der Waals surface area contributed by atoms with Crippen LogP contribution in [0, 0.1) is 0 Å². The van der Waals surface area contributed by atoms with Gasteiger partial charge in [0.2, 0.25) is 0 Å². The van der Waals surface area contributed by atoms with Crippen molar-refractivity contribution in [2.75, 3.05) is 0 Å². The summed E-state index contributed by atoms with van der Waals surface area (Å²) in [5, 5.41) is 10.5. The number of hydrogen-bond donors (Lipinski definition) is 0. The summed E-state index contributed by atoms with van der Waals surface area (Å²) in [5.41, 5.74) is 20.2. The fourth-order valence-corrected chi connectivity index (χ4v) is 32.9. The van der Waals surface area contributed by atoms with Gasteiger partial charge in [-0.25, -0.2) is 0 Å². The predicted octanol–water partition coefficient (Wildman–Crippen LogP) is 18.5. The second kappa shape index (κ2) is 16.8. The van der Waals surface area contributed by atoms with Crippen LogP contribution in [0.4, 0.5) is 0 Å². The summed E-state index contributed by atoms with van der Waals surface area (Å²) in [6.07, 6.45) is 9.83. The Labute approximate surface area is 404 Å². The van der Waals surface area contributed by atoms with E-state index in [1.165, 1.54) is 98.7 Å². The number of rotatable bonds is 10. The van der Waals surface area contributed by atoms with E-state index in [2.05, 4.69) is 236 Å². The predicted molar refractivity (Wildman–Crippen MR) is 296 cm³/mol. The van der Waals surface area contributed by atoms with Crippen molar-refractivity contribution >= 4 is 62.1 Å². The van der Waals surface area contributed by atoms with Crippen molar-refractivity contribution < 1.29 is 17.4 Å². The van der Waals surface area contributed by atoms with E-state index in [0.29, 0.717) is 7.25 Å². The third-order valence-electron chi connectivity index (χ3n) is 15.8. The zero-order valence-electron chi connectivity index (χ0n) is 39.8. The van der Waals surface area contributed by atoms with Crippen LogP contribution >= 0.6 is 0 Å². The second-order valence-corrected chi connectivity index (χ2v) is 51.3. The van der Waals surface area contributed by atoms with E-state index in [-0.39, 0.29) is 0 Å². The van der Waals surface area contributed by atoms with Crippen LogP contribution in [0.5, 0.6) is 0 Å². The zero-order valence-corrected chi connectivity index (χ0v) is 43.7. The topological polar surface area (TPSA) is 0 Å². The molecule has 0 aliphatic heterocycles. The van der Waals surface area contributed by atoms with Crippen LogP contribution < -0.4 is 0 Å². The first-order chi connectivity index (χ1) is 33.2. The van der Waals surface area contributed by atoms with Gasteiger partial charge < -0.3 is 0 Å². The Balaban J connectivity index is 1.18. The molecule has 2 aliphatic carbocycles. The fraction of sp³-hybridized carbons (Fsp3) is 0.152. The molecule has 68 heavy (non-hydrogen) atoms. The van der Waals surface area contributed by atoms with Gasteiger partial charge in [-0.3, -0.25) is 0 Å². The van der Waals surface area contributed by atoms with E-state index in [1.54, 1.807) is 22.3 Å². The molecule has 2 unspecified atom stereocenters. The first-order valence-corrected chi connectivity index (χ1v) is 38.6.